The summed E-state index contributed by atoms with van der Waals surface area (Å²) in [5.41, 5.74) is 1.16. The van der Waals surface area contributed by atoms with Gasteiger partial charge in [-0.3, -0.25) is 0 Å². The molecule has 102 valence electrons. The number of aliphatic hydroxyl groups is 1. The first-order valence-corrected chi connectivity index (χ1v) is 7.92. The van der Waals surface area contributed by atoms with Crippen molar-refractivity contribution in [1.29, 1.82) is 0 Å². The Bertz CT molecular complexity index is 347. The van der Waals surface area contributed by atoms with E-state index in [9.17, 15) is 5.11 Å². The van der Waals surface area contributed by atoms with Gasteiger partial charge < -0.3 is 10.4 Å². The second kappa shape index (κ2) is 7.22. The van der Waals surface area contributed by atoms with Crippen LogP contribution in [0.3, 0.4) is 0 Å². The average Bonchev–Trinajstić information content (AvgIpc) is 2.96. The Kier molecular flexibility index (Phi) is 5.60. The Balaban J connectivity index is 1.54. The maximum atomic E-state index is 9.93. The van der Waals surface area contributed by atoms with Gasteiger partial charge in [-0.25, -0.2) is 4.98 Å². The fourth-order valence-electron chi connectivity index (χ4n) is 2.72. The van der Waals surface area contributed by atoms with Crippen LogP contribution < -0.4 is 5.32 Å². The molecule has 0 spiro atoms. The van der Waals surface area contributed by atoms with E-state index in [-0.39, 0.29) is 6.10 Å². The Labute approximate surface area is 114 Å². The maximum Gasteiger partial charge on any atom is 0.0897 e. The van der Waals surface area contributed by atoms with E-state index in [0.717, 1.165) is 42.6 Å². The first-order valence-electron chi connectivity index (χ1n) is 7.04. The normalized spacial score (nSPS) is 18.3. The molecule has 0 aromatic carbocycles. The molecule has 0 saturated heterocycles. The highest BCUT2D eigenvalue weighted by Gasteiger charge is 2.18. The number of hydrogen-bond donors (Lipinski definition) is 2. The molecule has 18 heavy (non-hydrogen) atoms. The van der Waals surface area contributed by atoms with Crippen LogP contribution in [0.1, 0.15) is 42.8 Å². The predicted octanol–water partition coefficient (Wildman–Crippen LogP) is 2.52. The zero-order chi connectivity index (χ0) is 12.8. The lowest BCUT2D eigenvalue weighted by atomic mass is 10.00. The molecule has 1 aliphatic rings. The van der Waals surface area contributed by atoms with Crippen LogP contribution in [-0.4, -0.2) is 29.3 Å². The van der Waals surface area contributed by atoms with Crippen LogP contribution in [0.2, 0.25) is 0 Å². The van der Waals surface area contributed by atoms with Crippen molar-refractivity contribution in [2.24, 2.45) is 5.92 Å². The largest absolute Gasteiger partial charge is 0.392 e. The fourth-order valence-corrected chi connectivity index (χ4v) is 3.37. The predicted molar refractivity (Wildman–Crippen MR) is 76.0 cm³/mol. The summed E-state index contributed by atoms with van der Waals surface area (Å²) in [6, 6.07) is 0. The first-order chi connectivity index (χ1) is 8.74. The Hall–Kier alpha value is -0.450. The summed E-state index contributed by atoms with van der Waals surface area (Å²) in [7, 11) is 0. The van der Waals surface area contributed by atoms with Crippen molar-refractivity contribution >= 4 is 11.3 Å². The Morgan fingerprint density at radius 2 is 2.28 bits per heavy atom. The summed E-state index contributed by atoms with van der Waals surface area (Å²) in [4.78, 5) is 4.43. The molecular formula is C14H24N2OS. The van der Waals surface area contributed by atoms with E-state index in [1.807, 2.05) is 6.92 Å². The lowest BCUT2D eigenvalue weighted by Gasteiger charge is -2.15. The molecule has 1 aromatic heterocycles. The molecule has 2 rings (SSSR count). The highest BCUT2D eigenvalue weighted by atomic mass is 32.1. The molecule has 1 saturated carbocycles. The molecule has 2 N–H and O–H groups in total. The second-order valence-corrected chi connectivity index (χ2v) is 6.41. The van der Waals surface area contributed by atoms with Crippen molar-refractivity contribution < 1.29 is 5.11 Å². The van der Waals surface area contributed by atoms with Crippen LogP contribution in [0.25, 0.3) is 0 Å². The van der Waals surface area contributed by atoms with Crippen LogP contribution in [0.5, 0.6) is 0 Å². The first kappa shape index (κ1) is 14.0. The smallest absolute Gasteiger partial charge is 0.0897 e. The quantitative estimate of drug-likeness (QED) is 0.747. The van der Waals surface area contributed by atoms with Crippen LogP contribution in [0.15, 0.2) is 5.38 Å². The topological polar surface area (TPSA) is 45.2 Å². The van der Waals surface area contributed by atoms with Crippen LogP contribution in [0, 0.1) is 12.8 Å². The zero-order valence-electron chi connectivity index (χ0n) is 11.2. The molecule has 4 heteroatoms. The van der Waals surface area contributed by atoms with Crippen molar-refractivity contribution in [2.45, 2.75) is 51.6 Å². The molecular weight excluding hydrogens is 244 g/mol. The van der Waals surface area contributed by atoms with E-state index < -0.39 is 0 Å². The van der Waals surface area contributed by atoms with Gasteiger partial charge in [0.15, 0.2) is 0 Å². The van der Waals surface area contributed by atoms with Gasteiger partial charge in [-0.2, -0.15) is 0 Å². The summed E-state index contributed by atoms with van der Waals surface area (Å²) < 4.78 is 0. The van der Waals surface area contributed by atoms with Crippen molar-refractivity contribution in [2.75, 3.05) is 13.1 Å². The van der Waals surface area contributed by atoms with E-state index in [4.69, 9.17) is 0 Å². The molecule has 0 radical (unpaired) electrons. The van der Waals surface area contributed by atoms with E-state index in [1.165, 1.54) is 25.7 Å². The van der Waals surface area contributed by atoms with Gasteiger partial charge in [0.1, 0.15) is 0 Å². The van der Waals surface area contributed by atoms with Gasteiger partial charge in [0.05, 0.1) is 16.8 Å². The van der Waals surface area contributed by atoms with E-state index in [2.05, 4.69) is 15.7 Å². The monoisotopic (exact) mass is 268 g/mol. The molecule has 1 fully saturated rings. The van der Waals surface area contributed by atoms with Crippen molar-refractivity contribution in [3.8, 4) is 0 Å². The van der Waals surface area contributed by atoms with Crippen molar-refractivity contribution in [3.63, 3.8) is 0 Å². The minimum absolute atomic E-state index is 0.176. The number of thiazole rings is 1. The molecule has 1 aliphatic carbocycles. The van der Waals surface area contributed by atoms with Crippen molar-refractivity contribution in [3.05, 3.63) is 16.1 Å². The number of nitrogens with one attached hydrogen (secondary N) is 1. The summed E-state index contributed by atoms with van der Waals surface area (Å²) >= 11 is 1.70. The average molecular weight is 268 g/mol. The number of nitrogens with zero attached hydrogens (tertiary/aromatic N) is 1. The third kappa shape index (κ3) is 4.67. The zero-order valence-corrected chi connectivity index (χ0v) is 12.0. The highest BCUT2D eigenvalue weighted by Crippen LogP contribution is 2.28. The standard InChI is InChI=1S/C14H24N2OS/c1-11-16-13(10-18-11)6-7-15-9-14(17)8-12-4-2-3-5-12/h10,12,14-15,17H,2-9H2,1H3. The molecule has 1 heterocycles. The van der Waals surface area contributed by atoms with Gasteiger partial charge in [-0.15, -0.1) is 11.3 Å². The number of rotatable bonds is 7. The third-order valence-corrected chi connectivity index (χ3v) is 4.51. The maximum absolute atomic E-state index is 9.93. The van der Waals surface area contributed by atoms with E-state index in [1.54, 1.807) is 11.3 Å². The van der Waals surface area contributed by atoms with Gasteiger partial charge in [-0.05, 0) is 19.3 Å². The van der Waals surface area contributed by atoms with Crippen molar-refractivity contribution in [1.82, 2.24) is 10.3 Å². The minimum Gasteiger partial charge on any atom is -0.392 e. The highest BCUT2D eigenvalue weighted by molar-refractivity contribution is 7.09. The van der Waals surface area contributed by atoms with Gasteiger partial charge in [0, 0.05) is 24.9 Å². The van der Waals surface area contributed by atoms with Gasteiger partial charge in [-0.1, -0.05) is 25.7 Å². The number of aryl methyl sites for hydroxylation is 1. The third-order valence-electron chi connectivity index (χ3n) is 3.68. The molecule has 3 nitrogen and oxygen atoms in total. The van der Waals surface area contributed by atoms with Crippen LogP contribution in [0.4, 0.5) is 0 Å². The summed E-state index contributed by atoms with van der Waals surface area (Å²) in [6.45, 7) is 3.66. The second-order valence-electron chi connectivity index (χ2n) is 5.35. The molecule has 0 bridgehead atoms. The molecule has 1 aromatic rings. The number of hydrogen-bond acceptors (Lipinski definition) is 4. The molecule has 1 atom stereocenters. The minimum atomic E-state index is -0.176. The SMILES string of the molecule is Cc1nc(CCNCC(O)CC2CCCC2)cs1. The Morgan fingerprint density at radius 3 is 2.94 bits per heavy atom. The van der Waals surface area contributed by atoms with Gasteiger partial charge in [0.2, 0.25) is 0 Å². The van der Waals surface area contributed by atoms with Gasteiger partial charge in [0.25, 0.3) is 0 Å². The Morgan fingerprint density at radius 1 is 1.50 bits per heavy atom. The lowest BCUT2D eigenvalue weighted by molar-refractivity contribution is 0.141. The molecule has 0 amide bonds. The number of aliphatic hydroxyl groups excluding tert-OH is 1. The number of aromatic nitrogens is 1. The van der Waals surface area contributed by atoms with Crippen LogP contribution in [-0.2, 0) is 6.42 Å². The molecule has 0 aliphatic heterocycles. The lowest BCUT2D eigenvalue weighted by Crippen LogP contribution is -2.29. The van der Waals surface area contributed by atoms with Gasteiger partial charge >= 0.3 is 0 Å². The van der Waals surface area contributed by atoms with E-state index in [0.29, 0.717) is 0 Å². The van der Waals surface area contributed by atoms with Crippen LogP contribution >= 0.6 is 11.3 Å². The fraction of sp³-hybridized carbons (Fsp3) is 0.786. The van der Waals surface area contributed by atoms with E-state index >= 15 is 0 Å². The molecule has 1 unspecified atom stereocenters. The summed E-state index contributed by atoms with van der Waals surface area (Å²) in [5, 5.41) is 16.5. The summed E-state index contributed by atoms with van der Waals surface area (Å²) in [5.74, 6) is 0.767. The summed E-state index contributed by atoms with van der Waals surface area (Å²) in [6.07, 6.45) is 7.10.